The molecule has 0 bridgehead atoms. The van der Waals surface area contributed by atoms with Gasteiger partial charge in [0.15, 0.2) is 11.5 Å². The number of carbonyl (C=O) groups is 1. The highest BCUT2D eigenvalue weighted by Gasteiger charge is 2.49. The van der Waals surface area contributed by atoms with Gasteiger partial charge >= 0.3 is 6.61 Å². The fourth-order valence-corrected chi connectivity index (χ4v) is 3.63. The molecular weight excluding hydrogens is 388 g/mol. The first-order valence-corrected chi connectivity index (χ1v) is 9.77. The highest BCUT2D eigenvalue weighted by Crippen LogP contribution is 2.40. The number of aliphatic imine (C=N–C) groups is 1. The van der Waals surface area contributed by atoms with Gasteiger partial charge in [-0.05, 0) is 54.5 Å². The van der Waals surface area contributed by atoms with Gasteiger partial charge in [0.2, 0.25) is 0 Å². The van der Waals surface area contributed by atoms with E-state index < -0.39 is 12.2 Å². The van der Waals surface area contributed by atoms with Crippen molar-refractivity contribution in [3.05, 3.63) is 77.9 Å². The average Bonchev–Trinajstić information content (AvgIpc) is 2.96. The summed E-state index contributed by atoms with van der Waals surface area (Å²) in [4.78, 5) is 19.1. The van der Waals surface area contributed by atoms with Gasteiger partial charge < -0.3 is 10.5 Å². The van der Waals surface area contributed by atoms with Crippen molar-refractivity contribution in [3.8, 4) is 5.75 Å². The van der Waals surface area contributed by atoms with E-state index in [0.29, 0.717) is 11.1 Å². The molecular formula is C23H25F2N3O2. The second-order valence-corrected chi connectivity index (χ2v) is 7.18. The highest BCUT2D eigenvalue weighted by atomic mass is 19.3. The molecule has 2 N–H and O–H groups in total. The topological polar surface area (TPSA) is 67.9 Å². The van der Waals surface area contributed by atoms with Gasteiger partial charge in [-0.15, -0.1) is 6.58 Å². The molecule has 0 radical (unpaired) electrons. The SMILES string of the molecule is C=CCCCCc1cccc(C2(c3ccc(OC(F)F)cc3)N=C(N)N(C)C2=O)c1. The molecule has 0 aliphatic carbocycles. The first kappa shape index (κ1) is 21.5. The van der Waals surface area contributed by atoms with Gasteiger partial charge in [-0.1, -0.05) is 42.5 Å². The third-order valence-corrected chi connectivity index (χ3v) is 5.21. The van der Waals surface area contributed by atoms with Crippen LogP contribution >= 0.6 is 0 Å². The van der Waals surface area contributed by atoms with E-state index in [0.717, 1.165) is 31.2 Å². The summed E-state index contributed by atoms with van der Waals surface area (Å²) in [5, 5.41) is 0. The predicted molar refractivity (Wildman–Crippen MR) is 112 cm³/mol. The Morgan fingerprint density at radius 1 is 1.20 bits per heavy atom. The minimum absolute atomic E-state index is 0.00983. The molecule has 0 saturated carbocycles. The summed E-state index contributed by atoms with van der Waals surface area (Å²) >= 11 is 0. The van der Waals surface area contributed by atoms with Crippen molar-refractivity contribution in [2.75, 3.05) is 7.05 Å². The molecule has 1 atom stereocenters. The number of amides is 1. The van der Waals surface area contributed by atoms with Crippen LogP contribution in [0.4, 0.5) is 8.78 Å². The van der Waals surface area contributed by atoms with Crippen LogP contribution in [0.25, 0.3) is 0 Å². The van der Waals surface area contributed by atoms with Crippen molar-refractivity contribution in [2.24, 2.45) is 10.7 Å². The fourth-order valence-electron chi connectivity index (χ4n) is 3.63. The summed E-state index contributed by atoms with van der Waals surface area (Å²) in [6.45, 7) is 0.819. The van der Waals surface area contributed by atoms with E-state index in [-0.39, 0.29) is 17.6 Å². The number of aryl methyl sites for hydroxylation is 1. The van der Waals surface area contributed by atoms with Crippen LogP contribution in [-0.2, 0) is 16.8 Å². The van der Waals surface area contributed by atoms with Gasteiger partial charge in [0.1, 0.15) is 5.75 Å². The van der Waals surface area contributed by atoms with E-state index in [1.807, 2.05) is 30.3 Å². The largest absolute Gasteiger partial charge is 0.435 e. The molecule has 2 aromatic carbocycles. The quantitative estimate of drug-likeness (QED) is 0.494. The third kappa shape index (κ3) is 4.20. The number of benzene rings is 2. The van der Waals surface area contributed by atoms with Crippen molar-refractivity contribution in [1.29, 1.82) is 0 Å². The van der Waals surface area contributed by atoms with E-state index in [9.17, 15) is 13.6 Å². The lowest BCUT2D eigenvalue weighted by atomic mass is 9.82. The monoisotopic (exact) mass is 413 g/mol. The highest BCUT2D eigenvalue weighted by molar-refractivity contribution is 6.08. The maximum Gasteiger partial charge on any atom is 0.387 e. The molecule has 3 rings (SSSR count). The predicted octanol–water partition coefficient (Wildman–Crippen LogP) is 4.22. The van der Waals surface area contributed by atoms with Gasteiger partial charge in [0.05, 0.1) is 0 Å². The molecule has 0 aromatic heterocycles. The maximum atomic E-state index is 13.3. The Kier molecular flexibility index (Phi) is 6.50. The molecule has 1 aliphatic rings. The lowest BCUT2D eigenvalue weighted by Gasteiger charge is -2.26. The van der Waals surface area contributed by atoms with Crippen LogP contribution in [0.2, 0.25) is 0 Å². The summed E-state index contributed by atoms with van der Waals surface area (Å²) in [6, 6.07) is 13.7. The van der Waals surface area contributed by atoms with E-state index in [4.69, 9.17) is 5.73 Å². The third-order valence-electron chi connectivity index (χ3n) is 5.21. The summed E-state index contributed by atoms with van der Waals surface area (Å²) in [5.74, 6) is -0.189. The number of hydrogen-bond donors (Lipinski definition) is 1. The second-order valence-electron chi connectivity index (χ2n) is 7.18. The molecule has 0 saturated heterocycles. The lowest BCUT2D eigenvalue weighted by molar-refractivity contribution is -0.129. The maximum absolute atomic E-state index is 13.3. The molecule has 0 fully saturated rings. The fraction of sp³-hybridized carbons (Fsp3) is 0.304. The molecule has 30 heavy (non-hydrogen) atoms. The van der Waals surface area contributed by atoms with E-state index in [2.05, 4.69) is 16.3 Å². The minimum atomic E-state index is -2.92. The van der Waals surface area contributed by atoms with Gasteiger partial charge in [0, 0.05) is 7.05 Å². The molecule has 1 amide bonds. The molecule has 1 unspecified atom stereocenters. The first-order valence-electron chi connectivity index (χ1n) is 9.77. The average molecular weight is 413 g/mol. The number of carbonyl (C=O) groups excluding carboxylic acids is 1. The number of allylic oxidation sites excluding steroid dienone is 1. The number of ether oxygens (including phenoxy) is 1. The van der Waals surface area contributed by atoms with Crippen molar-refractivity contribution >= 4 is 11.9 Å². The number of halogens is 2. The number of nitrogens with zero attached hydrogens (tertiary/aromatic N) is 2. The summed E-state index contributed by atoms with van der Waals surface area (Å²) < 4.78 is 29.4. The van der Waals surface area contributed by atoms with Crippen molar-refractivity contribution in [2.45, 2.75) is 37.8 Å². The number of unbranched alkanes of at least 4 members (excludes halogenated alkanes) is 2. The van der Waals surface area contributed by atoms with Gasteiger partial charge in [-0.3, -0.25) is 9.69 Å². The smallest absolute Gasteiger partial charge is 0.387 e. The first-order chi connectivity index (χ1) is 14.4. The zero-order chi connectivity index (χ0) is 21.7. The lowest BCUT2D eigenvalue weighted by Crippen LogP contribution is -2.41. The van der Waals surface area contributed by atoms with Crippen LogP contribution in [0.1, 0.15) is 36.0 Å². The van der Waals surface area contributed by atoms with Gasteiger partial charge in [-0.25, -0.2) is 4.99 Å². The molecule has 1 heterocycles. The number of hydrogen-bond acceptors (Lipinski definition) is 4. The second kappa shape index (κ2) is 9.07. The van der Waals surface area contributed by atoms with E-state index in [1.54, 1.807) is 19.2 Å². The van der Waals surface area contributed by atoms with Crippen molar-refractivity contribution in [3.63, 3.8) is 0 Å². The molecule has 2 aromatic rings. The Labute approximate surface area is 174 Å². The molecule has 5 nitrogen and oxygen atoms in total. The number of rotatable bonds is 9. The molecule has 7 heteroatoms. The van der Waals surface area contributed by atoms with Crippen LogP contribution < -0.4 is 10.5 Å². The van der Waals surface area contributed by atoms with Gasteiger partial charge in [0.25, 0.3) is 5.91 Å². The van der Waals surface area contributed by atoms with Crippen LogP contribution in [0.5, 0.6) is 5.75 Å². The summed E-state index contributed by atoms with van der Waals surface area (Å²) in [7, 11) is 1.57. The van der Waals surface area contributed by atoms with Crippen LogP contribution in [0.3, 0.4) is 0 Å². The van der Waals surface area contributed by atoms with E-state index >= 15 is 0 Å². The van der Waals surface area contributed by atoms with Crippen LogP contribution in [0.15, 0.2) is 66.2 Å². The Morgan fingerprint density at radius 2 is 1.93 bits per heavy atom. The Hall–Kier alpha value is -3.22. The summed E-state index contributed by atoms with van der Waals surface area (Å²) in [6.07, 6.45) is 5.76. The van der Waals surface area contributed by atoms with Crippen LogP contribution in [0, 0.1) is 0 Å². The number of guanidine groups is 1. The zero-order valence-electron chi connectivity index (χ0n) is 16.9. The normalized spacial score (nSPS) is 18.6. The molecule has 0 spiro atoms. The Morgan fingerprint density at radius 3 is 2.53 bits per heavy atom. The number of alkyl halides is 2. The number of nitrogens with two attached hydrogens (primary N) is 1. The summed E-state index contributed by atoms with van der Waals surface area (Å²) in [5.41, 5.74) is 6.93. The van der Waals surface area contributed by atoms with Crippen molar-refractivity contribution < 1.29 is 18.3 Å². The zero-order valence-corrected chi connectivity index (χ0v) is 16.9. The Bertz CT molecular complexity index is 944. The van der Waals surface area contributed by atoms with E-state index in [1.165, 1.54) is 17.0 Å². The minimum Gasteiger partial charge on any atom is -0.435 e. The van der Waals surface area contributed by atoms with Crippen molar-refractivity contribution in [1.82, 2.24) is 4.90 Å². The Balaban J connectivity index is 2.01. The van der Waals surface area contributed by atoms with Gasteiger partial charge in [-0.2, -0.15) is 8.78 Å². The number of likely N-dealkylation sites (N-methyl/N-ethyl adjacent to an activating group) is 1. The molecule has 1 aliphatic heterocycles. The van der Waals surface area contributed by atoms with Crippen LogP contribution in [-0.4, -0.2) is 30.4 Å². The standard InChI is InChI=1S/C23H25F2N3O2/c1-3-4-5-6-8-16-9-7-10-18(15-16)23(20(29)28(2)22(26)27-23)17-11-13-19(14-12-17)30-21(24)25/h3,7,9-15,21H,1,4-6,8H2,2H3,(H2,26,27). The molecule has 158 valence electrons.